The molecule has 0 aliphatic heterocycles. The highest BCUT2D eigenvalue weighted by Crippen LogP contribution is 2.23. The van der Waals surface area contributed by atoms with Gasteiger partial charge in [-0.15, -0.1) is 0 Å². The normalized spacial score (nSPS) is 10.8. The molecule has 20 heavy (non-hydrogen) atoms. The van der Waals surface area contributed by atoms with Crippen molar-refractivity contribution in [1.29, 1.82) is 0 Å². The van der Waals surface area contributed by atoms with E-state index in [0.717, 1.165) is 40.1 Å². The van der Waals surface area contributed by atoms with E-state index in [2.05, 4.69) is 15.0 Å². The third-order valence-electron chi connectivity index (χ3n) is 3.17. The highest BCUT2D eigenvalue weighted by atomic mass is 15.0. The largest absolute Gasteiger partial charge is 0.399 e. The number of fused-ring (bicyclic) bond motifs is 1. The molecule has 100 valence electrons. The van der Waals surface area contributed by atoms with Crippen molar-refractivity contribution >= 4 is 22.7 Å². The van der Waals surface area contributed by atoms with Crippen LogP contribution in [0.5, 0.6) is 0 Å². The van der Waals surface area contributed by atoms with E-state index in [1.54, 1.807) is 0 Å². The van der Waals surface area contributed by atoms with Crippen LogP contribution in [0.15, 0.2) is 36.4 Å². The van der Waals surface area contributed by atoms with Gasteiger partial charge >= 0.3 is 0 Å². The average molecular weight is 265 g/mol. The minimum Gasteiger partial charge on any atom is -0.399 e. The second kappa shape index (κ2) is 4.77. The Morgan fingerprint density at radius 1 is 0.900 bits per heavy atom. The lowest BCUT2D eigenvalue weighted by atomic mass is 10.1. The van der Waals surface area contributed by atoms with Crippen LogP contribution >= 0.6 is 0 Å². The molecule has 4 N–H and O–H groups in total. The standard InChI is InChI=1S/C15H15N5/c1-2-11-14-13(20-15(17)19-11)8-7-12(18-14)9-3-5-10(16)6-4-9/h3-8H,2,16H2,1H3,(H2,17,19,20). The molecule has 1 aromatic carbocycles. The zero-order valence-corrected chi connectivity index (χ0v) is 11.2. The van der Waals surface area contributed by atoms with Crippen LogP contribution in [-0.4, -0.2) is 15.0 Å². The highest BCUT2D eigenvalue weighted by molar-refractivity contribution is 5.81. The Hall–Kier alpha value is -2.69. The van der Waals surface area contributed by atoms with Gasteiger partial charge < -0.3 is 11.5 Å². The predicted molar refractivity (Wildman–Crippen MR) is 81.0 cm³/mol. The van der Waals surface area contributed by atoms with E-state index in [1.165, 1.54) is 0 Å². The van der Waals surface area contributed by atoms with Gasteiger partial charge in [0.2, 0.25) is 5.95 Å². The number of nitrogens with two attached hydrogens (primary N) is 2. The second-order valence-electron chi connectivity index (χ2n) is 4.57. The Kier molecular flexibility index (Phi) is 2.95. The number of hydrogen-bond donors (Lipinski definition) is 2. The van der Waals surface area contributed by atoms with Gasteiger partial charge in [0.25, 0.3) is 0 Å². The third-order valence-corrected chi connectivity index (χ3v) is 3.17. The van der Waals surface area contributed by atoms with Crippen LogP contribution in [0.2, 0.25) is 0 Å². The van der Waals surface area contributed by atoms with Crippen molar-refractivity contribution in [3.63, 3.8) is 0 Å². The van der Waals surface area contributed by atoms with E-state index < -0.39 is 0 Å². The Bertz CT molecular complexity index is 765. The Labute approximate surface area is 116 Å². The predicted octanol–water partition coefficient (Wildman–Crippen LogP) is 2.42. The minimum atomic E-state index is 0.288. The molecular formula is C15H15N5. The van der Waals surface area contributed by atoms with Crippen molar-refractivity contribution in [3.8, 4) is 11.3 Å². The van der Waals surface area contributed by atoms with Crippen LogP contribution in [0.1, 0.15) is 12.6 Å². The number of aryl methyl sites for hydroxylation is 1. The maximum atomic E-state index is 5.70. The van der Waals surface area contributed by atoms with Gasteiger partial charge in [-0.25, -0.2) is 15.0 Å². The monoisotopic (exact) mass is 265 g/mol. The maximum absolute atomic E-state index is 5.70. The molecule has 0 saturated carbocycles. The first-order valence-electron chi connectivity index (χ1n) is 6.46. The molecule has 0 aliphatic carbocycles. The number of benzene rings is 1. The van der Waals surface area contributed by atoms with Gasteiger partial charge in [-0.05, 0) is 30.7 Å². The van der Waals surface area contributed by atoms with E-state index in [4.69, 9.17) is 11.5 Å². The molecule has 0 spiro atoms. The summed E-state index contributed by atoms with van der Waals surface area (Å²) in [4.78, 5) is 13.1. The van der Waals surface area contributed by atoms with Gasteiger partial charge in [0.05, 0.1) is 16.9 Å². The molecule has 0 amide bonds. The summed E-state index contributed by atoms with van der Waals surface area (Å²) >= 11 is 0. The number of nitrogens with zero attached hydrogens (tertiary/aromatic N) is 3. The molecule has 2 aromatic heterocycles. The van der Waals surface area contributed by atoms with Crippen molar-refractivity contribution < 1.29 is 0 Å². The number of nitrogen functional groups attached to an aromatic ring is 2. The van der Waals surface area contributed by atoms with Crippen molar-refractivity contribution in [2.45, 2.75) is 13.3 Å². The summed E-state index contributed by atoms with van der Waals surface area (Å²) in [6, 6.07) is 11.5. The van der Waals surface area contributed by atoms with Crippen molar-refractivity contribution in [1.82, 2.24) is 15.0 Å². The summed E-state index contributed by atoms with van der Waals surface area (Å²) in [5, 5.41) is 0. The molecule has 5 nitrogen and oxygen atoms in total. The first kappa shape index (κ1) is 12.3. The first-order chi connectivity index (χ1) is 9.67. The molecule has 5 heteroatoms. The average Bonchev–Trinajstić information content (AvgIpc) is 2.46. The molecule has 3 rings (SSSR count). The smallest absolute Gasteiger partial charge is 0.220 e. The Morgan fingerprint density at radius 3 is 2.35 bits per heavy atom. The van der Waals surface area contributed by atoms with E-state index in [-0.39, 0.29) is 5.95 Å². The van der Waals surface area contributed by atoms with Crippen LogP contribution in [0.3, 0.4) is 0 Å². The SMILES string of the molecule is CCc1nc(N)nc2ccc(-c3ccc(N)cc3)nc12. The zero-order valence-electron chi connectivity index (χ0n) is 11.2. The molecule has 3 aromatic rings. The van der Waals surface area contributed by atoms with E-state index in [0.29, 0.717) is 0 Å². The maximum Gasteiger partial charge on any atom is 0.220 e. The molecule has 0 saturated heterocycles. The topological polar surface area (TPSA) is 90.7 Å². The fourth-order valence-electron chi connectivity index (χ4n) is 2.16. The second-order valence-corrected chi connectivity index (χ2v) is 4.57. The fraction of sp³-hybridized carbons (Fsp3) is 0.133. The number of anilines is 2. The quantitative estimate of drug-likeness (QED) is 0.694. The Balaban J connectivity index is 2.19. The molecule has 0 radical (unpaired) electrons. The van der Waals surface area contributed by atoms with Crippen LogP contribution in [0.4, 0.5) is 11.6 Å². The summed E-state index contributed by atoms with van der Waals surface area (Å²) in [6.07, 6.45) is 0.765. The van der Waals surface area contributed by atoms with Gasteiger partial charge in [-0.1, -0.05) is 19.1 Å². The molecular weight excluding hydrogens is 250 g/mol. The molecule has 0 fully saturated rings. The van der Waals surface area contributed by atoms with Crippen LogP contribution in [0, 0.1) is 0 Å². The van der Waals surface area contributed by atoms with Gasteiger partial charge in [0.15, 0.2) is 0 Å². The lowest BCUT2D eigenvalue weighted by Gasteiger charge is -2.07. The van der Waals surface area contributed by atoms with Crippen LogP contribution in [-0.2, 0) is 6.42 Å². The molecule has 0 bridgehead atoms. The van der Waals surface area contributed by atoms with Crippen LogP contribution in [0.25, 0.3) is 22.3 Å². The van der Waals surface area contributed by atoms with Gasteiger partial charge in [0, 0.05) is 11.3 Å². The summed E-state index contributed by atoms with van der Waals surface area (Å²) in [6.45, 7) is 2.03. The molecule has 0 aliphatic rings. The van der Waals surface area contributed by atoms with Gasteiger partial charge in [-0.3, -0.25) is 0 Å². The van der Waals surface area contributed by atoms with Crippen molar-refractivity contribution in [3.05, 3.63) is 42.1 Å². The van der Waals surface area contributed by atoms with Gasteiger partial charge in [-0.2, -0.15) is 0 Å². The number of hydrogen-bond acceptors (Lipinski definition) is 5. The summed E-state index contributed by atoms with van der Waals surface area (Å²) < 4.78 is 0. The Morgan fingerprint density at radius 2 is 1.65 bits per heavy atom. The molecule has 2 heterocycles. The van der Waals surface area contributed by atoms with Crippen LogP contribution < -0.4 is 11.5 Å². The number of aromatic nitrogens is 3. The highest BCUT2D eigenvalue weighted by Gasteiger charge is 2.08. The van der Waals surface area contributed by atoms with E-state index >= 15 is 0 Å². The minimum absolute atomic E-state index is 0.288. The van der Waals surface area contributed by atoms with E-state index in [1.807, 2.05) is 43.3 Å². The number of pyridine rings is 1. The fourth-order valence-corrected chi connectivity index (χ4v) is 2.16. The summed E-state index contributed by atoms with van der Waals surface area (Å²) in [5.74, 6) is 0.288. The zero-order chi connectivity index (χ0) is 14.1. The third kappa shape index (κ3) is 2.14. The molecule has 0 atom stereocenters. The summed E-state index contributed by atoms with van der Waals surface area (Å²) in [5.41, 5.74) is 16.5. The van der Waals surface area contributed by atoms with Crippen molar-refractivity contribution in [2.24, 2.45) is 0 Å². The lowest BCUT2D eigenvalue weighted by molar-refractivity contribution is 1.03. The first-order valence-corrected chi connectivity index (χ1v) is 6.46. The van der Waals surface area contributed by atoms with Crippen molar-refractivity contribution in [2.75, 3.05) is 11.5 Å². The van der Waals surface area contributed by atoms with E-state index in [9.17, 15) is 0 Å². The summed E-state index contributed by atoms with van der Waals surface area (Å²) in [7, 11) is 0. The number of rotatable bonds is 2. The molecule has 0 unspecified atom stereocenters. The lowest BCUT2D eigenvalue weighted by Crippen LogP contribution is -2.01. The van der Waals surface area contributed by atoms with Gasteiger partial charge in [0.1, 0.15) is 5.52 Å².